The molecule has 0 aliphatic carbocycles. The molecule has 0 spiro atoms. The zero-order chi connectivity index (χ0) is 20.1. The number of piperazine rings is 1. The van der Waals surface area contributed by atoms with Gasteiger partial charge in [-0.3, -0.25) is 9.69 Å². The quantitative estimate of drug-likeness (QED) is 0.762. The number of aromatic nitrogens is 2. The SMILES string of the molecule is COc1ccc(C(NC(=O)CN2CCNCC2c2nccn2C)C(C)C)cc1. The van der Waals surface area contributed by atoms with Crippen LogP contribution in [-0.4, -0.2) is 53.6 Å². The fourth-order valence-corrected chi connectivity index (χ4v) is 3.74. The summed E-state index contributed by atoms with van der Waals surface area (Å²) in [5.74, 6) is 2.12. The van der Waals surface area contributed by atoms with E-state index < -0.39 is 0 Å². The number of aryl methyl sites for hydroxylation is 1. The van der Waals surface area contributed by atoms with Gasteiger partial charge in [-0.15, -0.1) is 0 Å². The summed E-state index contributed by atoms with van der Waals surface area (Å²) in [5, 5.41) is 6.64. The molecule has 7 nitrogen and oxygen atoms in total. The molecule has 1 fully saturated rings. The Balaban J connectivity index is 1.68. The number of hydrogen-bond donors (Lipinski definition) is 2. The van der Waals surface area contributed by atoms with Gasteiger partial charge in [0.2, 0.25) is 5.91 Å². The Morgan fingerprint density at radius 1 is 1.36 bits per heavy atom. The first-order chi connectivity index (χ1) is 13.5. The van der Waals surface area contributed by atoms with E-state index in [1.807, 2.05) is 42.1 Å². The molecule has 0 saturated carbocycles. The second kappa shape index (κ2) is 9.21. The maximum atomic E-state index is 12.9. The molecular formula is C21H31N5O2. The first-order valence-electron chi connectivity index (χ1n) is 9.85. The van der Waals surface area contributed by atoms with Gasteiger partial charge in [0.1, 0.15) is 11.6 Å². The lowest BCUT2D eigenvalue weighted by atomic mass is 9.96. The molecule has 1 aliphatic rings. The molecule has 152 valence electrons. The molecule has 1 saturated heterocycles. The highest BCUT2D eigenvalue weighted by atomic mass is 16.5. The molecule has 1 amide bonds. The second-order valence-corrected chi connectivity index (χ2v) is 7.65. The smallest absolute Gasteiger partial charge is 0.234 e. The van der Waals surface area contributed by atoms with Gasteiger partial charge in [0.05, 0.1) is 25.7 Å². The molecule has 2 heterocycles. The number of methoxy groups -OCH3 is 1. The standard InChI is InChI=1S/C21H31N5O2/c1-15(2)20(16-5-7-17(28-4)8-6-16)24-19(27)14-26-12-9-22-13-18(26)21-23-10-11-25(21)3/h5-8,10-11,15,18,20,22H,9,12-14H2,1-4H3,(H,24,27). The van der Waals surface area contributed by atoms with Gasteiger partial charge in [-0.1, -0.05) is 26.0 Å². The van der Waals surface area contributed by atoms with Crippen molar-refractivity contribution in [3.63, 3.8) is 0 Å². The van der Waals surface area contributed by atoms with Crippen molar-refractivity contribution in [3.05, 3.63) is 48.0 Å². The zero-order valence-corrected chi connectivity index (χ0v) is 17.2. The Bertz CT molecular complexity index is 771. The number of nitrogens with one attached hydrogen (secondary N) is 2. The van der Waals surface area contributed by atoms with E-state index in [9.17, 15) is 4.79 Å². The Morgan fingerprint density at radius 3 is 2.71 bits per heavy atom. The number of nitrogens with zero attached hydrogens (tertiary/aromatic N) is 3. The van der Waals surface area contributed by atoms with Gasteiger partial charge in [-0.25, -0.2) is 4.98 Å². The minimum Gasteiger partial charge on any atom is -0.497 e. The summed E-state index contributed by atoms with van der Waals surface area (Å²) >= 11 is 0. The highest BCUT2D eigenvalue weighted by Gasteiger charge is 2.29. The van der Waals surface area contributed by atoms with Crippen molar-refractivity contribution in [2.75, 3.05) is 33.3 Å². The normalized spacial score (nSPS) is 18.8. The third-order valence-corrected chi connectivity index (χ3v) is 5.32. The largest absolute Gasteiger partial charge is 0.497 e. The van der Waals surface area contributed by atoms with Gasteiger partial charge in [0.15, 0.2) is 0 Å². The zero-order valence-electron chi connectivity index (χ0n) is 17.2. The summed E-state index contributed by atoms with van der Waals surface area (Å²) < 4.78 is 7.26. The number of ether oxygens (including phenoxy) is 1. The molecule has 0 bridgehead atoms. The number of imidazole rings is 1. The van der Waals surface area contributed by atoms with Crippen molar-refractivity contribution < 1.29 is 9.53 Å². The highest BCUT2D eigenvalue weighted by molar-refractivity contribution is 5.78. The van der Waals surface area contributed by atoms with E-state index in [0.29, 0.717) is 6.54 Å². The summed E-state index contributed by atoms with van der Waals surface area (Å²) in [5.41, 5.74) is 1.09. The van der Waals surface area contributed by atoms with Gasteiger partial charge in [-0.05, 0) is 23.6 Å². The first-order valence-corrected chi connectivity index (χ1v) is 9.85. The molecule has 1 aromatic heterocycles. The van der Waals surface area contributed by atoms with Crippen LogP contribution < -0.4 is 15.4 Å². The minimum atomic E-state index is -0.0343. The molecule has 2 aromatic rings. The predicted molar refractivity (Wildman–Crippen MR) is 109 cm³/mol. The molecule has 1 aromatic carbocycles. The lowest BCUT2D eigenvalue weighted by Crippen LogP contribution is -2.50. The average Bonchev–Trinajstić information content (AvgIpc) is 3.12. The molecule has 0 radical (unpaired) electrons. The van der Waals surface area contributed by atoms with Crippen molar-refractivity contribution in [2.24, 2.45) is 13.0 Å². The van der Waals surface area contributed by atoms with Crippen LogP contribution in [0.15, 0.2) is 36.7 Å². The summed E-state index contributed by atoms with van der Waals surface area (Å²) in [6.07, 6.45) is 3.75. The number of hydrogen-bond acceptors (Lipinski definition) is 5. The molecule has 28 heavy (non-hydrogen) atoms. The molecule has 3 rings (SSSR count). The van der Waals surface area contributed by atoms with Crippen molar-refractivity contribution in [1.82, 2.24) is 25.1 Å². The van der Waals surface area contributed by atoms with E-state index in [1.165, 1.54) is 0 Å². The maximum Gasteiger partial charge on any atom is 0.234 e. The third-order valence-electron chi connectivity index (χ3n) is 5.32. The van der Waals surface area contributed by atoms with Gasteiger partial charge >= 0.3 is 0 Å². The molecule has 1 aliphatic heterocycles. The van der Waals surface area contributed by atoms with Crippen molar-refractivity contribution >= 4 is 5.91 Å². The Labute approximate surface area is 167 Å². The van der Waals surface area contributed by atoms with E-state index in [4.69, 9.17) is 4.74 Å². The van der Waals surface area contributed by atoms with Crippen LogP contribution in [0, 0.1) is 5.92 Å². The summed E-state index contributed by atoms with van der Waals surface area (Å²) in [7, 11) is 3.65. The number of rotatable bonds is 7. The van der Waals surface area contributed by atoms with E-state index in [0.717, 1.165) is 36.8 Å². The summed E-state index contributed by atoms with van der Waals surface area (Å²) in [6.45, 7) is 7.09. The molecular weight excluding hydrogens is 354 g/mol. The molecule has 7 heteroatoms. The van der Waals surface area contributed by atoms with Gasteiger partial charge in [-0.2, -0.15) is 0 Å². The van der Waals surface area contributed by atoms with E-state index in [2.05, 4.69) is 34.4 Å². The fourth-order valence-electron chi connectivity index (χ4n) is 3.74. The van der Waals surface area contributed by atoms with Crippen LogP contribution in [0.5, 0.6) is 5.75 Å². The van der Waals surface area contributed by atoms with Crippen molar-refractivity contribution in [3.8, 4) is 5.75 Å². The van der Waals surface area contributed by atoms with Crippen LogP contribution in [0.2, 0.25) is 0 Å². The van der Waals surface area contributed by atoms with E-state index in [-0.39, 0.29) is 23.9 Å². The van der Waals surface area contributed by atoms with Crippen molar-refractivity contribution in [1.29, 1.82) is 0 Å². The molecule has 2 unspecified atom stereocenters. The Morgan fingerprint density at radius 2 is 2.11 bits per heavy atom. The van der Waals surface area contributed by atoms with Crippen LogP contribution in [0.3, 0.4) is 0 Å². The molecule has 2 atom stereocenters. The van der Waals surface area contributed by atoms with Crippen LogP contribution in [0.1, 0.15) is 37.3 Å². The van der Waals surface area contributed by atoms with Gasteiger partial charge in [0, 0.05) is 39.1 Å². The van der Waals surface area contributed by atoms with E-state index >= 15 is 0 Å². The number of amides is 1. The van der Waals surface area contributed by atoms with E-state index in [1.54, 1.807) is 13.3 Å². The van der Waals surface area contributed by atoms with Gasteiger partial charge < -0.3 is 19.9 Å². The fraction of sp³-hybridized carbons (Fsp3) is 0.524. The van der Waals surface area contributed by atoms with Crippen LogP contribution in [0.25, 0.3) is 0 Å². The van der Waals surface area contributed by atoms with Crippen LogP contribution >= 0.6 is 0 Å². The first kappa shape index (κ1) is 20.4. The molecule has 2 N–H and O–H groups in total. The number of benzene rings is 1. The highest BCUT2D eigenvalue weighted by Crippen LogP contribution is 2.25. The monoisotopic (exact) mass is 385 g/mol. The van der Waals surface area contributed by atoms with Crippen molar-refractivity contribution in [2.45, 2.75) is 25.9 Å². The average molecular weight is 386 g/mol. The minimum absolute atomic E-state index is 0.0343. The van der Waals surface area contributed by atoms with Crippen LogP contribution in [-0.2, 0) is 11.8 Å². The number of carbonyl (C=O) groups is 1. The Kier molecular flexibility index (Phi) is 6.70. The third kappa shape index (κ3) is 4.72. The summed E-state index contributed by atoms with van der Waals surface area (Å²) in [6, 6.07) is 7.97. The lowest BCUT2D eigenvalue weighted by Gasteiger charge is -2.35. The predicted octanol–water partition coefficient (Wildman–Crippen LogP) is 1.89. The second-order valence-electron chi connectivity index (χ2n) is 7.65. The van der Waals surface area contributed by atoms with Gasteiger partial charge in [0.25, 0.3) is 0 Å². The number of carbonyl (C=O) groups excluding carboxylic acids is 1. The lowest BCUT2D eigenvalue weighted by molar-refractivity contribution is -0.124. The maximum absolute atomic E-state index is 12.9. The topological polar surface area (TPSA) is 71.4 Å². The van der Waals surface area contributed by atoms with Crippen LogP contribution in [0.4, 0.5) is 0 Å². The summed E-state index contributed by atoms with van der Waals surface area (Å²) in [4.78, 5) is 19.6. The Hall–Kier alpha value is -2.38.